The highest BCUT2D eigenvalue weighted by Gasteiger charge is 2.09. The smallest absolute Gasteiger partial charge is 0.446 e. The van der Waals surface area contributed by atoms with Crippen LogP contribution in [0.4, 0.5) is 0 Å². The van der Waals surface area contributed by atoms with Crippen LogP contribution in [0.2, 0.25) is 0 Å². The molecule has 0 saturated heterocycles. The molecule has 1 aromatic carbocycles. The molecule has 2 N–H and O–H groups in total. The maximum atomic E-state index is 10.5. The van der Waals surface area contributed by atoms with E-state index in [1.54, 1.807) is 0 Å². The molecule has 0 saturated carbocycles. The monoisotopic (exact) mass is 218 g/mol. The van der Waals surface area contributed by atoms with Gasteiger partial charge in [0.05, 0.1) is 5.56 Å². The number of hydrogen-bond donors (Lipinski definition) is 2. The zero-order chi connectivity index (χ0) is 10.8. The molecule has 0 spiro atoms. The van der Waals surface area contributed by atoms with Crippen LogP contribution in [-0.2, 0) is 10.4 Å². The van der Waals surface area contributed by atoms with Crippen LogP contribution in [0.5, 0.6) is 5.75 Å². The van der Waals surface area contributed by atoms with E-state index < -0.39 is 16.4 Å². The molecule has 0 aliphatic heterocycles. The zero-order valence-corrected chi connectivity index (χ0v) is 7.56. The second kappa shape index (κ2) is 3.64. The number of carboxylic acid groups (broad SMARTS) is 1. The maximum absolute atomic E-state index is 10.5. The van der Waals surface area contributed by atoms with E-state index in [0.717, 1.165) is 6.07 Å². The minimum atomic E-state index is -4.61. The third-order valence-corrected chi connectivity index (χ3v) is 1.69. The Morgan fingerprint density at radius 1 is 1.36 bits per heavy atom. The van der Waals surface area contributed by atoms with Gasteiger partial charge in [0.25, 0.3) is 0 Å². The molecule has 14 heavy (non-hydrogen) atoms. The molecule has 1 rings (SSSR count). The molecule has 0 radical (unpaired) electrons. The summed E-state index contributed by atoms with van der Waals surface area (Å²) in [5, 5.41) is 8.54. The predicted octanol–water partition coefficient (Wildman–Crippen LogP) is 0.566. The van der Waals surface area contributed by atoms with Gasteiger partial charge in [-0.1, -0.05) is 6.07 Å². The van der Waals surface area contributed by atoms with E-state index in [2.05, 4.69) is 4.18 Å². The van der Waals surface area contributed by atoms with E-state index in [0.29, 0.717) is 0 Å². The average molecular weight is 218 g/mol. The van der Waals surface area contributed by atoms with Gasteiger partial charge < -0.3 is 9.29 Å². The van der Waals surface area contributed by atoms with Crippen molar-refractivity contribution in [3.05, 3.63) is 29.8 Å². The maximum Gasteiger partial charge on any atom is 0.446 e. The SMILES string of the molecule is O=C(O)c1cccc(OS(=O)(=O)O)c1. The second-order valence-electron chi connectivity index (χ2n) is 2.34. The van der Waals surface area contributed by atoms with E-state index in [9.17, 15) is 13.2 Å². The number of hydrogen-bond acceptors (Lipinski definition) is 4. The van der Waals surface area contributed by atoms with Crippen LogP contribution < -0.4 is 4.18 Å². The molecular weight excluding hydrogens is 212 g/mol. The minimum Gasteiger partial charge on any atom is -0.478 e. The highest BCUT2D eigenvalue weighted by atomic mass is 32.3. The first-order valence-electron chi connectivity index (χ1n) is 3.39. The van der Waals surface area contributed by atoms with Crippen molar-refractivity contribution in [1.82, 2.24) is 0 Å². The van der Waals surface area contributed by atoms with Gasteiger partial charge in [0.1, 0.15) is 5.75 Å². The van der Waals surface area contributed by atoms with E-state index in [4.69, 9.17) is 9.66 Å². The minimum absolute atomic E-state index is 0.133. The van der Waals surface area contributed by atoms with Gasteiger partial charge in [-0.15, -0.1) is 0 Å². The first-order chi connectivity index (χ1) is 6.38. The Balaban J connectivity index is 3.01. The van der Waals surface area contributed by atoms with Crippen LogP contribution in [0.25, 0.3) is 0 Å². The molecule has 0 fully saturated rings. The lowest BCUT2D eigenvalue weighted by molar-refractivity contribution is 0.0696. The summed E-state index contributed by atoms with van der Waals surface area (Å²) in [7, 11) is -4.61. The lowest BCUT2D eigenvalue weighted by Gasteiger charge is -2.01. The van der Waals surface area contributed by atoms with Crippen molar-refractivity contribution in [2.24, 2.45) is 0 Å². The topological polar surface area (TPSA) is 101 Å². The van der Waals surface area contributed by atoms with Gasteiger partial charge in [-0.05, 0) is 18.2 Å². The number of aromatic carboxylic acids is 1. The number of carbonyl (C=O) groups is 1. The van der Waals surface area contributed by atoms with Crippen molar-refractivity contribution in [2.45, 2.75) is 0 Å². The predicted molar refractivity (Wildman–Crippen MR) is 45.6 cm³/mol. The second-order valence-corrected chi connectivity index (χ2v) is 3.37. The molecule has 76 valence electrons. The Morgan fingerprint density at radius 2 is 2.00 bits per heavy atom. The molecular formula is C7H6O6S. The van der Waals surface area contributed by atoms with Crippen LogP contribution in [-0.4, -0.2) is 24.0 Å². The van der Waals surface area contributed by atoms with Gasteiger partial charge in [-0.25, -0.2) is 4.79 Å². The molecule has 0 heterocycles. The van der Waals surface area contributed by atoms with Crippen molar-refractivity contribution >= 4 is 16.4 Å². The summed E-state index contributed by atoms with van der Waals surface area (Å²) < 4.78 is 32.9. The number of carboxylic acids is 1. The summed E-state index contributed by atoms with van der Waals surface area (Å²) in [6.45, 7) is 0. The lowest BCUT2D eigenvalue weighted by atomic mass is 10.2. The molecule has 0 atom stereocenters. The molecule has 0 aromatic heterocycles. The lowest BCUT2D eigenvalue weighted by Crippen LogP contribution is -2.07. The Morgan fingerprint density at radius 3 is 2.50 bits per heavy atom. The van der Waals surface area contributed by atoms with E-state index in [-0.39, 0.29) is 11.3 Å². The summed E-state index contributed by atoms with van der Waals surface area (Å²) in [6, 6.07) is 4.75. The third kappa shape index (κ3) is 3.04. The fraction of sp³-hybridized carbons (Fsp3) is 0. The standard InChI is InChI=1S/C7H6O6S/c8-7(9)5-2-1-3-6(4-5)13-14(10,11)12/h1-4H,(H,8,9)(H,10,11,12). The average Bonchev–Trinajstić information content (AvgIpc) is 2.01. The van der Waals surface area contributed by atoms with E-state index in [1.165, 1.54) is 18.2 Å². The summed E-state index contributed by atoms with van der Waals surface area (Å²) >= 11 is 0. The Bertz CT molecular complexity index is 449. The van der Waals surface area contributed by atoms with Gasteiger partial charge >= 0.3 is 16.4 Å². The Kier molecular flexibility index (Phi) is 2.73. The third-order valence-electron chi connectivity index (χ3n) is 1.28. The van der Waals surface area contributed by atoms with Gasteiger partial charge in [0.2, 0.25) is 0 Å². The van der Waals surface area contributed by atoms with Gasteiger partial charge in [0.15, 0.2) is 0 Å². The fourth-order valence-electron chi connectivity index (χ4n) is 0.803. The molecule has 0 bridgehead atoms. The van der Waals surface area contributed by atoms with Crippen LogP contribution in [0.15, 0.2) is 24.3 Å². The fourth-order valence-corrected chi connectivity index (χ4v) is 1.15. The van der Waals surface area contributed by atoms with Crippen molar-refractivity contribution in [3.8, 4) is 5.75 Å². The van der Waals surface area contributed by atoms with Gasteiger partial charge in [0, 0.05) is 0 Å². The molecule has 1 aromatic rings. The normalized spacial score (nSPS) is 10.9. The highest BCUT2D eigenvalue weighted by molar-refractivity contribution is 7.81. The number of rotatable bonds is 3. The van der Waals surface area contributed by atoms with Crippen LogP contribution >= 0.6 is 0 Å². The van der Waals surface area contributed by atoms with Crippen molar-refractivity contribution in [1.29, 1.82) is 0 Å². The Labute approximate surface area is 79.7 Å². The van der Waals surface area contributed by atoms with Crippen LogP contribution in [0.1, 0.15) is 10.4 Å². The van der Waals surface area contributed by atoms with Crippen molar-refractivity contribution in [3.63, 3.8) is 0 Å². The molecule has 0 unspecified atom stereocenters. The van der Waals surface area contributed by atoms with E-state index >= 15 is 0 Å². The summed E-state index contributed by atoms with van der Waals surface area (Å²) in [6.07, 6.45) is 0. The van der Waals surface area contributed by atoms with Crippen LogP contribution in [0, 0.1) is 0 Å². The molecule has 6 nitrogen and oxygen atoms in total. The number of benzene rings is 1. The molecule has 0 amide bonds. The van der Waals surface area contributed by atoms with Crippen molar-refractivity contribution in [2.75, 3.05) is 0 Å². The molecule has 0 aliphatic carbocycles. The quantitative estimate of drug-likeness (QED) is 0.719. The summed E-state index contributed by atoms with van der Waals surface area (Å²) in [5.74, 6) is -1.47. The van der Waals surface area contributed by atoms with Gasteiger partial charge in [-0.3, -0.25) is 4.55 Å². The summed E-state index contributed by atoms with van der Waals surface area (Å²) in [5.41, 5.74) is -0.133. The summed E-state index contributed by atoms with van der Waals surface area (Å²) in [4.78, 5) is 10.5. The first-order valence-corrected chi connectivity index (χ1v) is 4.75. The van der Waals surface area contributed by atoms with Gasteiger partial charge in [-0.2, -0.15) is 8.42 Å². The first kappa shape index (κ1) is 10.5. The largest absolute Gasteiger partial charge is 0.478 e. The molecule has 7 heteroatoms. The highest BCUT2D eigenvalue weighted by Crippen LogP contribution is 2.14. The Hall–Kier alpha value is -1.60. The molecule has 0 aliphatic rings. The van der Waals surface area contributed by atoms with E-state index in [1.807, 2.05) is 0 Å². The zero-order valence-electron chi connectivity index (χ0n) is 6.75. The van der Waals surface area contributed by atoms with Crippen molar-refractivity contribution < 1.29 is 27.1 Å². The van der Waals surface area contributed by atoms with Crippen LogP contribution in [0.3, 0.4) is 0 Å².